The highest BCUT2D eigenvalue weighted by Crippen LogP contribution is 2.34. The number of hydrogen-bond donors (Lipinski definition) is 1. The summed E-state index contributed by atoms with van der Waals surface area (Å²) in [7, 11) is 1.57. The molecule has 0 aliphatic heterocycles. The van der Waals surface area contributed by atoms with Crippen LogP contribution >= 0.6 is 0 Å². The van der Waals surface area contributed by atoms with E-state index < -0.39 is 29.7 Å². The first-order valence-corrected chi connectivity index (χ1v) is 10.2. The summed E-state index contributed by atoms with van der Waals surface area (Å²) in [4.78, 5) is 24.4. The zero-order chi connectivity index (χ0) is 24.7. The summed E-state index contributed by atoms with van der Waals surface area (Å²) in [5, 5.41) is 2.18. The van der Waals surface area contributed by atoms with Crippen molar-refractivity contribution in [3.8, 4) is 17.2 Å². The lowest BCUT2D eigenvalue weighted by Gasteiger charge is -2.16. The van der Waals surface area contributed by atoms with Gasteiger partial charge in [0, 0.05) is 12.3 Å². The molecule has 10 heteroatoms. The maximum Gasteiger partial charge on any atom is 0.418 e. The number of anilines is 1. The zero-order valence-corrected chi connectivity index (χ0v) is 18.5. The molecule has 0 atom stereocenters. The van der Waals surface area contributed by atoms with Gasteiger partial charge in [0.25, 0.3) is 5.91 Å². The fraction of sp³-hybridized carbons (Fsp3) is 0.250. The minimum absolute atomic E-state index is 0.0637. The van der Waals surface area contributed by atoms with Gasteiger partial charge in [-0.1, -0.05) is 12.1 Å². The third kappa shape index (κ3) is 6.31. The van der Waals surface area contributed by atoms with E-state index in [2.05, 4.69) is 5.32 Å². The lowest BCUT2D eigenvalue weighted by Crippen LogP contribution is -2.25. The van der Waals surface area contributed by atoms with Gasteiger partial charge < -0.3 is 24.1 Å². The molecule has 1 aromatic heterocycles. The minimum atomic E-state index is -4.62. The average molecular weight is 476 g/mol. The van der Waals surface area contributed by atoms with Crippen molar-refractivity contribution in [1.29, 1.82) is 0 Å². The Hall–Kier alpha value is -3.95. The van der Waals surface area contributed by atoms with E-state index in [1.807, 2.05) is 0 Å². The summed E-state index contributed by atoms with van der Waals surface area (Å²) >= 11 is 0. The molecule has 1 heterocycles. The number of para-hydroxylation sites is 1. The van der Waals surface area contributed by atoms with E-state index >= 15 is 0 Å². The van der Waals surface area contributed by atoms with Crippen LogP contribution < -0.4 is 25.0 Å². The Morgan fingerprint density at radius 3 is 2.35 bits per heavy atom. The monoisotopic (exact) mass is 476 g/mol. The highest BCUT2D eigenvalue weighted by molar-refractivity contribution is 5.92. The number of rotatable bonds is 9. The number of pyridine rings is 1. The first-order valence-electron chi connectivity index (χ1n) is 10.2. The van der Waals surface area contributed by atoms with E-state index in [-0.39, 0.29) is 11.4 Å². The SMILES string of the molecule is COc1ccc(OCCn2ccc(=O)c(OCC(=O)Nc3ccccc3C(F)(F)F)c2C)cc1. The average Bonchev–Trinajstić information content (AvgIpc) is 2.80. The van der Waals surface area contributed by atoms with Crippen molar-refractivity contribution in [3.63, 3.8) is 0 Å². The van der Waals surface area contributed by atoms with Gasteiger partial charge >= 0.3 is 6.18 Å². The number of carbonyl (C=O) groups excluding carboxylic acids is 1. The van der Waals surface area contributed by atoms with Crippen LogP contribution in [0.1, 0.15) is 11.3 Å². The molecule has 180 valence electrons. The summed E-state index contributed by atoms with van der Waals surface area (Å²) in [6.07, 6.45) is -3.05. The number of ether oxygens (including phenoxy) is 3. The topological polar surface area (TPSA) is 78.8 Å². The van der Waals surface area contributed by atoms with Crippen LogP contribution in [0.2, 0.25) is 0 Å². The molecule has 0 bridgehead atoms. The Morgan fingerprint density at radius 2 is 1.68 bits per heavy atom. The standard InChI is InChI=1S/C24H23F3N2O5/c1-16-23(34-15-22(31)28-20-6-4-3-5-19(20)24(25,26)27)21(30)11-12-29(16)13-14-33-18-9-7-17(32-2)8-10-18/h3-12H,13-15H2,1-2H3,(H,28,31). The molecule has 0 unspecified atom stereocenters. The molecule has 0 radical (unpaired) electrons. The normalized spacial score (nSPS) is 11.1. The van der Waals surface area contributed by atoms with Gasteiger partial charge in [-0.15, -0.1) is 0 Å². The summed E-state index contributed by atoms with van der Waals surface area (Å²) in [5.74, 6) is 0.461. The molecule has 1 amide bonds. The van der Waals surface area contributed by atoms with E-state index in [9.17, 15) is 22.8 Å². The molecule has 2 aromatic carbocycles. The fourth-order valence-corrected chi connectivity index (χ4v) is 3.17. The van der Waals surface area contributed by atoms with Gasteiger partial charge in [-0.2, -0.15) is 13.2 Å². The van der Waals surface area contributed by atoms with Crippen LogP contribution in [0.15, 0.2) is 65.6 Å². The van der Waals surface area contributed by atoms with E-state index in [4.69, 9.17) is 14.2 Å². The van der Waals surface area contributed by atoms with E-state index in [1.165, 1.54) is 18.2 Å². The van der Waals surface area contributed by atoms with E-state index in [1.54, 1.807) is 49.1 Å². The van der Waals surface area contributed by atoms with Gasteiger partial charge in [-0.25, -0.2) is 0 Å². The summed E-state index contributed by atoms with van der Waals surface area (Å²) < 4.78 is 57.2. The number of alkyl halides is 3. The smallest absolute Gasteiger partial charge is 0.418 e. The number of benzene rings is 2. The van der Waals surface area contributed by atoms with Crippen LogP contribution in [0.4, 0.5) is 18.9 Å². The number of aromatic nitrogens is 1. The Balaban J connectivity index is 1.61. The van der Waals surface area contributed by atoms with Crippen LogP contribution in [0.3, 0.4) is 0 Å². The fourth-order valence-electron chi connectivity index (χ4n) is 3.17. The molecule has 34 heavy (non-hydrogen) atoms. The minimum Gasteiger partial charge on any atom is -0.497 e. The highest BCUT2D eigenvalue weighted by Gasteiger charge is 2.33. The van der Waals surface area contributed by atoms with E-state index in [0.717, 1.165) is 12.1 Å². The second kappa shape index (κ2) is 10.8. The number of methoxy groups -OCH3 is 1. The van der Waals surface area contributed by atoms with Gasteiger partial charge in [0.2, 0.25) is 5.43 Å². The second-order valence-electron chi connectivity index (χ2n) is 7.19. The van der Waals surface area contributed by atoms with Crippen molar-refractivity contribution in [2.24, 2.45) is 0 Å². The number of nitrogens with one attached hydrogen (secondary N) is 1. The summed E-state index contributed by atoms with van der Waals surface area (Å²) in [6, 6.07) is 13.0. The lowest BCUT2D eigenvalue weighted by molar-refractivity contribution is -0.137. The molecule has 0 aliphatic rings. The molecule has 7 nitrogen and oxygen atoms in total. The molecule has 1 N–H and O–H groups in total. The van der Waals surface area contributed by atoms with Gasteiger partial charge in [-0.05, 0) is 43.3 Å². The van der Waals surface area contributed by atoms with E-state index in [0.29, 0.717) is 30.3 Å². The number of amides is 1. The number of halogens is 3. The maximum atomic E-state index is 13.1. The molecule has 0 aliphatic carbocycles. The quantitative estimate of drug-likeness (QED) is 0.499. The van der Waals surface area contributed by atoms with Crippen molar-refractivity contribution < 1.29 is 32.2 Å². The maximum absolute atomic E-state index is 13.1. The lowest BCUT2D eigenvalue weighted by atomic mass is 10.1. The molecule has 3 aromatic rings. The second-order valence-corrected chi connectivity index (χ2v) is 7.19. The predicted octanol–water partition coefficient (Wildman–Crippen LogP) is 4.28. The van der Waals surface area contributed by atoms with Crippen LogP contribution in [0, 0.1) is 6.92 Å². The summed E-state index contributed by atoms with van der Waals surface area (Å²) in [5.41, 5.74) is -1.36. The third-order valence-corrected chi connectivity index (χ3v) is 4.90. The predicted molar refractivity (Wildman–Crippen MR) is 119 cm³/mol. The van der Waals surface area contributed by atoms with Crippen molar-refractivity contribution in [3.05, 3.63) is 82.3 Å². The van der Waals surface area contributed by atoms with Crippen molar-refractivity contribution in [2.75, 3.05) is 25.6 Å². The third-order valence-electron chi connectivity index (χ3n) is 4.90. The molecule has 0 saturated carbocycles. The van der Waals surface area contributed by atoms with Crippen molar-refractivity contribution >= 4 is 11.6 Å². The molecular weight excluding hydrogens is 453 g/mol. The van der Waals surface area contributed by atoms with Gasteiger partial charge in [0.15, 0.2) is 12.4 Å². The van der Waals surface area contributed by atoms with Crippen molar-refractivity contribution in [1.82, 2.24) is 4.57 Å². The Bertz CT molecular complexity index is 1190. The van der Waals surface area contributed by atoms with Gasteiger partial charge in [0.05, 0.1) is 30.6 Å². The molecule has 0 saturated heterocycles. The molecule has 0 fully saturated rings. The zero-order valence-electron chi connectivity index (χ0n) is 18.5. The molecular formula is C24H23F3N2O5. The van der Waals surface area contributed by atoms with Crippen LogP contribution in [0.5, 0.6) is 17.2 Å². The van der Waals surface area contributed by atoms with Crippen LogP contribution in [0.25, 0.3) is 0 Å². The number of nitrogens with zero attached hydrogens (tertiary/aromatic N) is 1. The van der Waals surface area contributed by atoms with Crippen LogP contribution in [-0.4, -0.2) is 30.8 Å². The molecule has 0 spiro atoms. The largest absolute Gasteiger partial charge is 0.497 e. The Labute approximate surface area is 193 Å². The van der Waals surface area contributed by atoms with Crippen molar-refractivity contribution in [2.45, 2.75) is 19.6 Å². The van der Waals surface area contributed by atoms with Gasteiger partial charge in [0.1, 0.15) is 18.1 Å². The Morgan fingerprint density at radius 1 is 1.00 bits per heavy atom. The summed E-state index contributed by atoms with van der Waals surface area (Å²) in [6.45, 7) is 1.69. The van der Waals surface area contributed by atoms with Gasteiger partial charge in [-0.3, -0.25) is 9.59 Å². The highest BCUT2D eigenvalue weighted by atomic mass is 19.4. The Kier molecular flexibility index (Phi) is 7.83. The first-order chi connectivity index (χ1) is 16.2. The first kappa shape index (κ1) is 24.7. The number of carbonyl (C=O) groups is 1. The van der Waals surface area contributed by atoms with Crippen LogP contribution in [-0.2, 0) is 17.5 Å². The molecule has 3 rings (SSSR count). The number of hydrogen-bond acceptors (Lipinski definition) is 5.